The normalized spacial score (nSPS) is 11.5. The molecule has 3 N–H and O–H groups in total. The standard InChI is InChI=1S/C17H26F3N5O2.C2H2F3NO/c1-23(2)8-7-21-10-13-5-6-22-14(9-13)11-25(12-15(26)24(3)4)16(27)17(18,19)20;3-2(4,5)1(6)7/h5-6,9,21H,7-8,10-12H2,1-4H3;(H2,6,7). The van der Waals surface area contributed by atoms with Crippen LogP contribution in [0, 0.1) is 0 Å². The van der Waals surface area contributed by atoms with Crippen LogP contribution in [0.4, 0.5) is 26.3 Å². The van der Waals surface area contributed by atoms with Crippen molar-refractivity contribution in [2.45, 2.75) is 25.4 Å². The van der Waals surface area contributed by atoms with E-state index in [1.807, 2.05) is 19.0 Å². The van der Waals surface area contributed by atoms with Gasteiger partial charge in [-0.3, -0.25) is 19.4 Å². The molecule has 9 nitrogen and oxygen atoms in total. The molecule has 34 heavy (non-hydrogen) atoms. The number of rotatable bonds is 9. The summed E-state index contributed by atoms with van der Waals surface area (Å²) in [6.45, 7) is 1.05. The van der Waals surface area contributed by atoms with Crippen LogP contribution < -0.4 is 11.1 Å². The number of nitrogens with one attached hydrogen (secondary N) is 1. The predicted octanol–water partition coefficient (Wildman–Crippen LogP) is 0.746. The molecule has 0 unspecified atom stereocenters. The smallest absolute Gasteiger partial charge is 0.362 e. The van der Waals surface area contributed by atoms with Gasteiger partial charge in [-0.25, -0.2) is 0 Å². The Bertz CT molecular complexity index is 814. The molecular formula is C19H28F6N6O3. The summed E-state index contributed by atoms with van der Waals surface area (Å²) in [4.78, 5) is 40.2. The van der Waals surface area contributed by atoms with Crippen LogP contribution in [0.1, 0.15) is 11.3 Å². The van der Waals surface area contributed by atoms with Gasteiger partial charge in [-0.15, -0.1) is 0 Å². The number of carbonyl (C=O) groups is 3. The highest BCUT2D eigenvalue weighted by Crippen LogP contribution is 2.20. The first-order valence-corrected chi connectivity index (χ1v) is 9.67. The first kappa shape index (κ1) is 31.1. The predicted molar refractivity (Wildman–Crippen MR) is 110 cm³/mol. The van der Waals surface area contributed by atoms with Gasteiger partial charge in [-0.2, -0.15) is 26.3 Å². The third-order valence-electron chi connectivity index (χ3n) is 3.93. The Morgan fingerprint density at radius 3 is 2.03 bits per heavy atom. The van der Waals surface area contributed by atoms with E-state index in [-0.39, 0.29) is 5.69 Å². The largest absolute Gasteiger partial charge is 0.471 e. The molecule has 0 aliphatic carbocycles. The summed E-state index contributed by atoms with van der Waals surface area (Å²) in [5.41, 5.74) is 4.92. The van der Waals surface area contributed by atoms with E-state index in [4.69, 9.17) is 4.79 Å². The maximum absolute atomic E-state index is 12.9. The summed E-state index contributed by atoms with van der Waals surface area (Å²) < 4.78 is 70.7. The van der Waals surface area contributed by atoms with Crippen LogP contribution in [0.3, 0.4) is 0 Å². The monoisotopic (exact) mass is 502 g/mol. The van der Waals surface area contributed by atoms with Crippen LogP contribution in [0.2, 0.25) is 0 Å². The van der Waals surface area contributed by atoms with Crippen molar-refractivity contribution in [2.75, 3.05) is 47.8 Å². The maximum atomic E-state index is 12.9. The highest BCUT2D eigenvalue weighted by Gasteiger charge is 2.43. The molecule has 0 saturated carbocycles. The molecule has 1 heterocycles. The molecule has 0 spiro atoms. The highest BCUT2D eigenvalue weighted by atomic mass is 19.4. The third-order valence-corrected chi connectivity index (χ3v) is 3.93. The average molecular weight is 502 g/mol. The maximum Gasteiger partial charge on any atom is 0.471 e. The van der Waals surface area contributed by atoms with Crippen molar-refractivity contribution in [3.05, 3.63) is 29.6 Å². The zero-order valence-electron chi connectivity index (χ0n) is 19.1. The number of likely N-dealkylation sites (N-methyl/N-ethyl adjacent to an activating group) is 2. The van der Waals surface area contributed by atoms with Crippen LogP contribution >= 0.6 is 0 Å². The minimum atomic E-state index is -5.06. The molecule has 0 aromatic carbocycles. The van der Waals surface area contributed by atoms with Crippen molar-refractivity contribution < 1.29 is 40.7 Å². The number of primary amides is 1. The lowest BCUT2D eigenvalue weighted by atomic mass is 10.2. The van der Waals surface area contributed by atoms with E-state index in [0.29, 0.717) is 11.4 Å². The van der Waals surface area contributed by atoms with E-state index in [9.17, 15) is 35.9 Å². The molecule has 0 radical (unpaired) electrons. The first-order valence-electron chi connectivity index (χ1n) is 9.67. The van der Waals surface area contributed by atoms with Gasteiger partial charge >= 0.3 is 24.2 Å². The summed E-state index contributed by atoms with van der Waals surface area (Å²) in [7, 11) is 6.73. The van der Waals surface area contributed by atoms with Gasteiger partial charge in [0.25, 0.3) is 0 Å². The van der Waals surface area contributed by atoms with E-state index in [1.165, 1.54) is 20.3 Å². The van der Waals surface area contributed by atoms with E-state index in [0.717, 1.165) is 23.6 Å². The summed E-state index contributed by atoms with van der Waals surface area (Å²) in [6.07, 6.45) is -8.44. The molecule has 1 aromatic heterocycles. The lowest BCUT2D eigenvalue weighted by molar-refractivity contribution is -0.186. The van der Waals surface area contributed by atoms with Gasteiger partial charge in [-0.1, -0.05) is 0 Å². The number of carbonyl (C=O) groups excluding carboxylic acids is 3. The molecule has 0 fully saturated rings. The van der Waals surface area contributed by atoms with Gasteiger partial charge in [0.15, 0.2) is 0 Å². The third kappa shape index (κ3) is 12.9. The number of pyridine rings is 1. The number of halogens is 6. The van der Waals surface area contributed by atoms with Crippen molar-refractivity contribution in [3.8, 4) is 0 Å². The highest BCUT2D eigenvalue weighted by molar-refractivity contribution is 5.87. The van der Waals surface area contributed by atoms with Crippen molar-refractivity contribution in [1.29, 1.82) is 0 Å². The van der Waals surface area contributed by atoms with E-state index < -0.39 is 43.2 Å². The van der Waals surface area contributed by atoms with Crippen LogP contribution in [0.15, 0.2) is 18.3 Å². The molecule has 1 aromatic rings. The van der Waals surface area contributed by atoms with Crippen molar-refractivity contribution in [2.24, 2.45) is 5.73 Å². The SMILES string of the molecule is CN(C)CCNCc1ccnc(CN(CC(=O)N(C)C)C(=O)C(F)(F)F)c1.NC(=O)C(F)(F)F. The van der Waals surface area contributed by atoms with Gasteiger partial charge < -0.3 is 25.8 Å². The minimum absolute atomic E-state index is 0.283. The lowest BCUT2D eigenvalue weighted by Crippen LogP contribution is -2.45. The summed E-state index contributed by atoms with van der Waals surface area (Å²) >= 11 is 0. The van der Waals surface area contributed by atoms with Crippen LogP contribution in [-0.4, -0.2) is 97.6 Å². The van der Waals surface area contributed by atoms with E-state index in [2.05, 4.69) is 16.0 Å². The zero-order chi connectivity index (χ0) is 26.7. The lowest BCUT2D eigenvalue weighted by Gasteiger charge is -2.24. The second kappa shape index (κ2) is 13.7. The summed E-state index contributed by atoms with van der Waals surface area (Å²) in [6, 6.07) is 3.37. The fraction of sp³-hybridized carbons (Fsp3) is 0.579. The van der Waals surface area contributed by atoms with Crippen LogP contribution in [0.5, 0.6) is 0 Å². The van der Waals surface area contributed by atoms with E-state index in [1.54, 1.807) is 12.1 Å². The number of nitrogens with zero attached hydrogens (tertiary/aromatic N) is 4. The number of hydrogen-bond acceptors (Lipinski definition) is 6. The van der Waals surface area contributed by atoms with Gasteiger partial charge in [0.05, 0.1) is 12.2 Å². The number of nitrogens with two attached hydrogens (primary N) is 1. The number of aromatic nitrogens is 1. The molecule has 0 aliphatic rings. The Morgan fingerprint density at radius 1 is 1.03 bits per heavy atom. The molecule has 0 atom stereocenters. The molecule has 3 amide bonds. The van der Waals surface area contributed by atoms with Gasteiger partial charge in [0.1, 0.15) is 6.54 Å². The molecule has 0 bridgehead atoms. The molecular weight excluding hydrogens is 474 g/mol. The Hall–Kier alpha value is -2.94. The summed E-state index contributed by atoms with van der Waals surface area (Å²) in [5, 5.41) is 3.22. The molecule has 1 rings (SSSR count). The van der Waals surface area contributed by atoms with Crippen molar-refractivity contribution >= 4 is 17.7 Å². The van der Waals surface area contributed by atoms with E-state index >= 15 is 0 Å². The zero-order valence-corrected chi connectivity index (χ0v) is 19.1. The van der Waals surface area contributed by atoms with Crippen LogP contribution in [0.25, 0.3) is 0 Å². The van der Waals surface area contributed by atoms with Gasteiger partial charge in [0, 0.05) is 39.9 Å². The first-order chi connectivity index (χ1) is 15.4. The second-order valence-electron chi connectivity index (χ2n) is 7.44. The van der Waals surface area contributed by atoms with Gasteiger partial charge in [-0.05, 0) is 31.8 Å². The van der Waals surface area contributed by atoms with Crippen molar-refractivity contribution in [1.82, 2.24) is 25.0 Å². The molecule has 0 saturated heterocycles. The quantitative estimate of drug-likeness (QED) is 0.381. The fourth-order valence-electron chi connectivity index (χ4n) is 2.14. The minimum Gasteiger partial charge on any atom is -0.362 e. The Kier molecular flexibility index (Phi) is 12.5. The topological polar surface area (TPSA) is 112 Å². The summed E-state index contributed by atoms with van der Waals surface area (Å²) in [5.74, 6) is -4.92. The molecule has 15 heteroatoms. The van der Waals surface area contributed by atoms with Crippen LogP contribution in [-0.2, 0) is 27.5 Å². The average Bonchev–Trinajstić information content (AvgIpc) is 2.69. The van der Waals surface area contributed by atoms with Crippen molar-refractivity contribution in [3.63, 3.8) is 0 Å². The number of hydrogen-bond donors (Lipinski definition) is 2. The van der Waals surface area contributed by atoms with Gasteiger partial charge in [0.2, 0.25) is 5.91 Å². The number of alkyl halides is 6. The fourth-order valence-corrected chi connectivity index (χ4v) is 2.14. The molecule has 194 valence electrons. The Labute approximate surface area is 192 Å². The molecule has 0 aliphatic heterocycles. The Balaban J connectivity index is 0.00000135. The Morgan fingerprint density at radius 2 is 1.59 bits per heavy atom. The second-order valence-corrected chi connectivity index (χ2v) is 7.44. The number of amides is 3.